The highest BCUT2D eigenvalue weighted by Crippen LogP contribution is 2.23. The monoisotopic (exact) mass is 339 g/mol. The summed E-state index contributed by atoms with van der Waals surface area (Å²) in [5.41, 5.74) is 2.85. The summed E-state index contributed by atoms with van der Waals surface area (Å²) < 4.78 is 0. The van der Waals surface area contributed by atoms with E-state index in [1.165, 1.54) is 23.4 Å². The highest BCUT2D eigenvalue weighted by Gasteiger charge is 2.24. The van der Waals surface area contributed by atoms with Crippen molar-refractivity contribution in [1.82, 2.24) is 4.90 Å². The predicted octanol–water partition coefficient (Wildman–Crippen LogP) is 3.12. The Hall–Kier alpha value is -2.89. The lowest BCUT2D eigenvalue weighted by Gasteiger charge is -2.37. The summed E-state index contributed by atoms with van der Waals surface area (Å²) in [4.78, 5) is 27.1. The molecule has 3 rings (SSSR count). The Morgan fingerprint density at radius 3 is 2.48 bits per heavy atom. The summed E-state index contributed by atoms with van der Waals surface area (Å²) in [6.45, 7) is 4.88. The minimum atomic E-state index is -0.476. The van der Waals surface area contributed by atoms with E-state index in [1.807, 2.05) is 12.1 Å². The molecule has 0 unspecified atom stereocenters. The molecule has 0 aliphatic carbocycles. The van der Waals surface area contributed by atoms with Gasteiger partial charge in [-0.05, 0) is 24.1 Å². The van der Waals surface area contributed by atoms with E-state index in [-0.39, 0.29) is 11.6 Å². The second-order valence-electron chi connectivity index (χ2n) is 6.07. The fraction of sp³-hybridized carbons (Fsp3) is 0.316. The summed E-state index contributed by atoms with van der Waals surface area (Å²) >= 11 is 0. The first-order valence-electron chi connectivity index (χ1n) is 8.46. The van der Waals surface area contributed by atoms with Crippen LogP contribution in [0.1, 0.15) is 22.8 Å². The van der Waals surface area contributed by atoms with Crippen molar-refractivity contribution in [3.63, 3.8) is 0 Å². The molecule has 0 saturated carbocycles. The molecule has 0 aromatic heterocycles. The molecule has 6 heteroatoms. The molecule has 0 spiro atoms. The maximum Gasteiger partial charge on any atom is 0.270 e. The van der Waals surface area contributed by atoms with Crippen LogP contribution < -0.4 is 4.90 Å². The molecule has 130 valence electrons. The van der Waals surface area contributed by atoms with Crippen molar-refractivity contribution in [2.45, 2.75) is 13.3 Å². The van der Waals surface area contributed by atoms with E-state index in [1.54, 1.807) is 17.0 Å². The molecular weight excluding hydrogens is 318 g/mol. The number of non-ortho nitro benzene ring substituents is 1. The van der Waals surface area contributed by atoms with Gasteiger partial charge in [-0.2, -0.15) is 0 Å². The minimum Gasteiger partial charge on any atom is -0.368 e. The number of nitrogens with zero attached hydrogens (tertiary/aromatic N) is 3. The number of carbonyl (C=O) groups excluding carboxylic acids is 1. The molecule has 0 atom stereocenters. The summed E-state index contributed by atoms with van der Waals surface area (Å²) in [5.74, 6) is -0.146. The lowest BCUT2D eigenvalue weighted by Crippen LogP contribution is -2.49. The van der Waals surface area contributed by atoms with E-state index < -0.39 is 4.92 Å². The van der Waals surface area contributed by atoms with Crippen LogP contribution in [0.25, 0.3) is 0 Å². The van der Waals surface area contributed by atoms with Gasteiger partial charge in [0.05, 0.1) is 4.92 Å². The van der Waals surface area contributed by atoms with Crippen LogP contribution in [-0.4, -0.2) is 41.9 Å². The maximum atomic E-state index is 12.6. The van der Waals surface area contributed by atoms with Crippen LogP contribution in [-0.2, 0) is 6.42 Å². The summed E-state index contributed by atoms with van der Waals surface area (Å²) in [6.07, 6.45) is 0.975. The molecule has 1 heterocycles. The number of para-hydroxylation sites is 1. The number of anilines is 1. The van der Waals surface area contributed by atoms with Crippen LogP contribution in [0.4, 0.5) is 11.4 Å². The molecule has 2 aromatic carbocycles. The number of piperazine rings is 1. The van der Waals surface area contributed by atoms with Gasteiger partial charge in [0, 0.05) is 49.6 Å². The quantitative estimate of drug-likeness (QED) is 0.634. The normalized spacial score (nSPS) is 14.4. The van der Waals surface area contributed by atoms with Gasteiger partial charge in [-0.1, -0.05) is 31.2 Å². The average Bonchev–Trinajstić information content (AvgIpc) is 2.67. The van der Waals surface area contributed by atoms with Crippen LogP contribution in [0.5, 0.6) is 0 Å². The summed E-state index contributed by atoms with van der Waals surface area (Å²) in [6, 6.07) is 14.3. The highest BCUT2D eigenvalue weighted by atomic mass is 16.6. The van der Waals surface area contributed by atoms with E-state index >= 15 is 0 Å². The minimum absolute atomic E-state index is 0.0543. The zero-order chi connectivity index (χ0) is 17.8. The predicted molar refractivity (Wildman–Crippen MR) is 97.0 cm³/mol. The molecule has 6 nitrogen and oxygen atoms in total. The maximum absolute atomic E-state index is 12.6. The van der Waals surface area contributed by atoms with Gasteiger partial charge in [0.25, 0.3) is 11.6 Å². The number of hydrogen-bond acceptors (Lipinski definition) is 4. The Morgan fingerprint density at radius 1 is 1.08 bits per heavy atom. The van der Waals surface area contributed by atoms with Gasteiger partial charge in [-0.15, -0.1) is 0 Å². The second kappa shape index (κ2) is 7.34. The van der Waals surface area contributed by atoms with Crippen LogP contribution in [0.3, 0.4) is 0 Å². The number of hydrogen-bond donors (Lipinski definition) is 0. The van der Waals surface area contributed by atoms with E-state index in [0.717, 1.165) is 19.5 Å². The van der Waals surface area contributed by atoms with Crippen molar-refractivity contribution in [3.8, 4) is 0 Å². The van der Waals surface area contributed by atoms with Gasteiger partial charge in [-0.3, -0.25) is 14.9 Å². The smallest absolute Gasteiger partial charge is 0.270 e. The molecule has 1 fully saturated rings. The lowest BCUT2D eigenvalue weighted by atomic mass is 10.1. The topological polar surface area (TPSA) is 66.7 Å². The number of rotatable bonds is 4. The highest BCUT2D eigenvalue weighted by molar-refractivity contribution is 5.95. The second-order valence-corrected chi connectivity index (χ2v) is 6.07. The van der Waals surface area contributed by atoms with Gasteiger partial charge in [-0.25, -0.2) is 0 Å². The molecule has 0 bridgehead atoms. The van der Waals surface area contributed by atoms with E-state index in [4.69, 9.17) is 0 Å². The standard InChI is InChI=1S/C19H21N3O3/c1-2-15-6-3-4-9-18(15)20-10-12-21(13-11-20)19(23)16-7-5-8-17(14-16)22(24)25/h3-9,14H,2,10-13H2,1H3. The Balaban J connectivity index is 1.69. The number of amides is 1. The molecule has 1 aliphatic heterocycles. The SMILES string of the molecule is CCc1ccccc1N1CCN(C(=O)c2cccc([N+](=O)[O-])c2)CC1. The van der Waals surface area contributed by atoms with Crippen LogP contribution in [0.2, 0.25) is 0 Å². The molecule has 1 aliphatic rings. The number of nitro benzene ring substituents is 1. The third-order valence-corrected chi connectivity index (χ3v) is 4.58. The first kappa shape index (κ1) is 17.0. The third-order valence-electron chi connectivity index (χ3n) is 4.58. The Morgan fingerprint density at radius 2 is 1.80 bits per heavy atom. The van der Waals surface area contributed by atoms with Crippen molar-refractivity contribution < 1.29 is 9.72 Å². The van der Waals surface area contributed by atoms with Gasteiger partial charge in [0.1, 0.15) is 0 Å². The number of aryl methyl sites for hydroxylation is 1. The molecule has 0 N–H and O–H groups in total. The Kier molecular flexibility index (Phi) is 4.97. The van der Waals surface area contributed by atoms with Crippen molar-refractivity contribution in [2.24, 2.45) is 0 Å². The van der Waals surface area contributed by atoms with Crippen molar-refractivity contribution in [2.75, 3.05) is 31.1 Å². The zero-order valence-corrected chi connectivity index (χ0v) is 14.2. The van der Waals surface area contributed by atoms with E-state index in [0.29, 0.717) is 18.7 Å². The third kappa shape index (κ3) is 3.63. The first-order chi connectivity index (χ1) is 12.1. The number of nitro groups is 1. The largest absolute Gasteiger partial charge is 0.368 e. The fourth-order valence-corrected chi connectivity index (χ4v) is 3.20. The van der Waals surface area contributed by atoms with E-state index in [9.17, 15) is 14.9 Å². The van der Waals surface area contributed by atoms with Crippen LogP contribution in [0, 0.1) is 10.1 Å². The number of benzene rings is 2. The van der Waals surface area contributed by atoms with Crippen LogP contribution in [0.15, 0.2) is 48.5 Å². The Labute approximate surface area is 146 Å². The van der Waals surface area contributed by atoms with Crippen molar-refractivity contribution >= 4 is 17.3 Å². The molecule has 1 saturated heterocycles. The fourth-order valence-electron chi connectivity index (χ4n) is 3.20. The first-order valence-corrected chi connectivity index (χ1v) is 8.46. The van der Waals surface area contributed by atoms with Gasteiger partial charge in [0.15, 0.2) is 0 Å². The van der Waals surface area contributed by atoms with Gasteiger partial charge >= 0.3 is 0 Å². The summed E-state index contributed by atoms with van der Waals surface area (Å²) in [7, 11) is 0. The Bertz CT molecular complexity index is 783. The van der Waals surface area contributed by atoms with Crippen molar-refractivity contribution in [3.05, 3.63) is 69.8 Å². The zero-order valence-electron chi connectivity index (χ0n) is 14.2. The number of carbonyl (C=O) groups is 1. The molecule has 2 aromatic rings. The van der Waals surface area contributed by atoms with E-state index in [2.05, 4.69) is 24.0 Å². The van der Waals surface area contributed by atoms with Gasteiger partial charge < -0.3 is 9.80 Å². The summed E-state index contributed by atoms with van der Waals surface area (Å²) in [5, 5.41) is 10.9. The molecular formula is C19H21N3O3. The van der Waals surface area contributed by atoms with Crippen molar-refractivity contribution in [1.29, 1.82) is 0 Å². The van der Waals surface area contributed by atoms with Crippen LogP contribution >= 0.6 is 0 Å². The lowest BCUT2D eigenvalue weighted by molar-refractivity contribution is -0.384. The molecule has 25 heavy (non-hydrogen) atoms. The van der Waals surface area contributed by atoms with Gasteiger partial charge in [0.2, 0.25) is 0 Å². The molecule has 0 radical (unpaired) electrons. The molecule has 1 amide bonds. The average molecular weight is 339 g/mol.